The topological polar surface area (TPSA) is 71.1 Å². The molecule has 1 heterocycles. The van der Waals surface area contributed by atoms with Crippen LogP contribution < -0.4 is 5.32 Å². The van der Waals surface area contributed by atoms with Crippen LogP contribution in [-0.2, 0) is 9.47 Å². The normalized spacial score (nSPS) is 14.8. The van der Waals surface area contributed by atoms with Crippen LogP contribution in [0.3, 0.4) is 0 Å². The summed E-state index contributed by atoms with van der Waals surface area (Å²) in [5.74, 6) is -0.236. The van der Waals surface area contributed by atoms with E-state index >= 15 is 0 Å². The molecular weight excluding hydrogens is 526 g/mol. The molecule has 1 unspecified atom stereocenters. The minimum atomic E-state index is -0.397. The van der Waals surface area contributed by atoms with Gasteiger partial charge in [-0.1, -0.05) is 87.5 Å². The van der Waals surface area contributed by atoms with Gasteiger partial charge < -0.3 is 19.7 Å². The lowest BCUT2D eigenvalue weighted by Gasteiger charge is -2.31. The molecule has 1 aliphatic rings. The maximum atomic E-state index is 13.7. The third kappa shape index (κ3) is 9.16. The highest BCUT2D eigenvalue weighted by molar-refractivity contribution is 5.94. The number of carbonyl (C=O) groups excluding carboxylic acids is 2. The van der Waals surface area contributed by atoms with E-state index < -0.39 is 5.97 Å². The molecule has 42 heavy (non-hydrogen) atoms. The van der Waals surface area contributed by atoms with Gasteiger partial charge in [-0.25, -0.2) is 9.59 Å². The largest absolute Gasteiger partial charge is 0.459 e. The number of hydrogen-bond donors (Lipinski definition) is 1. The van der Waals surface area contributed by atoms with E-state index in [1.165, 1.54) is 11.1 Å². The molecule has 0 saturated carbocycles. The van der Waals surface area contributed by atoms with E-state index in [2.05, 4.69) is 58.7 Å². The van der Waals surface area contributed by atoms with Crippen LogP contribution in [0.4, 0.5) is 10.5 Å². The molecule has 3 aromatic carbocycles. The summed E-state index contributed by atoms with van der Waals surface area (Å²) in [5.41, 5.74) is 3.27. The van der Waals surface area contributed by atoms with Crippen LogP contribution in [0.2, 0.25) is 0 Å². The number of rotatable bonds is 11. The van der Waals surface area contributed by atoms with Crippen molar-refractivity contribution in [3.05, 3.63) is 102 Å². The second-order valence-electron chi connectivity index (χ2n) is 12.0. The van der Waals surface area contributed by atoms with E-state index in [1.54, 1.807) is 24.3 Å². The van der Waals surface area contributed by atoms with Crippen LogP contribution in [0.1, 0.15) is 61.5 Å². The van der Waals surface area contributed by atoms with Crippen LogP contribution in [0.5, 0.6) is 0 Å². The zero-order valence-electron chi connectivity index (χ0n) is 25.4. The molecule has 0 spiro atoms. The molecule has 0 bridgehead atoms. The van der Waals surface area contributed by atoms with Crippen molar-refractivity contribution in [3.8, 4) is 0 Å². The maximum Gasteiger partial charge on any atom is 0.338 e. The Bertz CT molecular complexity index is 1230. The summed E-state index contributed by atoms with van der Waals surface area (Å²) in [6.45, 7) is 13.1. The molecule has 7 nitrogen and oxygen atoms in total. The Morgan fingerprint density at radius 3 is 2.12 bits per heavy atom. The SMILES string of the molecule is CC(OC(=O)c1cccc(NC(=O)N(CCC(c2ccccc2)c2ccccc2)CCN2CCOCC2)c1)C(C)(C)C. The number of carbonyl (C=O) groups is 2. The third-order valence-electron chi connectivity index (χ3n) is 8.02. The van der Waals surface area contributed by atoms with Gasteiger partial charge in [-0.2, -0.15) is 0 Å². The third-order valence-corrected chi connectivity index (χ3v) is 8.02. The fraction of sp³-hybridized carbons (Fsp3) is 0.429. The minimum absolute atomic E-state index is 0.161. The van der Waals surface area contributed by atoms with Gasteiger partial charge in [0, 0.05) is 44.3 Å². The van der Waals surface area contributed by atoms with Crippen LogP contribution in [-0.4, -0.2) is 73.8 Å². The summed E-state index contributed by atoms with van der Waals surface area (Å²) in [6.07, 6.45) is 0.530. The lowest BCUT2D eigenvalue weighted by molar-refractivity contribution is 0.00480. The number of nitrogens with one attached hydrogen (secondary N) is 1. The Balaban J connectivity index is 1.48. The van der Waals surface area contributed by atoms with Crippen LogP contribution in [0.25, 0.3) is 0 Å². The van der Waals surface area contributed by atoms with Gasteiger partial charge in [0.1, 0.15) is 6.10 Å². The first-order valence-electron chi connectivity index (χ1n) is 15.0. The summed E-state index contributed by atoms with van der Waals surface area (Å²) in [4.78, 5) is 30.8. The standard InChI is InChI=1S/C35H45N3O4/c1-27(35(2,3)4)42-33(39)30-16-11-17-31(26-30)36-34(40)38(21-20-37-22-24-41-25-23-37)19-18-32(28-12-7-5-8-13-28)29-14-9-6-10-15-29/h5-17,26-27,32H,18-25H2,1-4H3,(H,36,40). The summed E-state index contributed by atoms with van der Waals surface area (Å²) in [7, 11) is 0. The Labute approximate surface area is 250 Å². The van der Waals surface area contributed by atoms with Crippen molar-refractivity contribution in [1.82, 2.24) is 9.80 Å². The lowest BCUT2D eigenvalue weighted by Crippen LogP contribution is -2.44. The van der Waals surface area contributed by atoms with E-state index in [1.807, 2.05) is 44.7 Å². The predicted molar refractivity (Wildman–Crippen MR) is 168 cm³/mol. The fourth-order valence-electron chi connectivity index (χ4n) is 4.92. The zero-order chi connectivity index (χ0) is 30.0. The van der Waals surface area contributed by atoms with E-state index in [0.717, 1.165) is 26.1 Å². The molecule has 3 aromatic rings. The highest BCUT2D eigenvalue weighted by Gasteiger charge is 2.25. The molecule has 0 aliphatic carbocycles. The molecule has 1 N–H and O–H groups in total. The quantitative estimate of drug-likeness (QED) is 0.261. The molecule has 1 fully saturated rings. The van der Waals surface area contributed by atoms with E-state index in [9.17, 15) is 9.59 Å². The van der Waals surface area contributed by atoms with Gasteiger partial charge in [0.25, 0.3) is 0 Å². The number of morpholine rings is 1. The number of nitrogens with zero attached hydrogens (tertiary/aromatic N) is 2. The smallest absolute Gasteiger partial charge is 0.338 e. The monoisotopic (exact) mass is 571 g/mol. The molecule has 1 aliphatic heterocycles. The number of anilines is 1. The Morgan fingerprint density at radius 1 is 0.905 bits per heavy atom. The average Bonchev–Trinajstić information content (AvgIpc) is 3.00. The predicted octanol–water partition coefficient (Wildman–Crippen LogP) is 6.67. The number of amides is 2. The van der Waals surface area contributed by atoms with Crippen molar-refractivity contribution in [2.45, 2.75) is 46.1 Å². The number of benzene rings is 3. The number of esters is 1. The number of ether oxygens (including phenoxy) is 2. The second kappa shape index (κ2) is 15.0. The molecule has 224 valence electrons. The van der Waals surface area contributed by atoms with Crippen molar-refractivity contribution in [2.75, 3.05) is 51.3 Å². The molecule has 2 amide bonds. The second-order valence-corrected chi connectivity index (χ2v) is 12.0. The molecular formula is C35H45N3O4. The van der Waals surface area contributed by atoms with Crippen molar-refractivity contribution in [3.63, 3.8) is 0 Å². The van der Waals surface area contributed by atoms with Gasteiger partial charge in [0.2, 0.25) is 0 Å². The van der Waals surface area contributed by atoms with E-state index in [-0.39, 0.29) is 23.5 Å². The highest BCUT2D eigenvalue weighted by Crippen LogP contribution is 2.28. The van der Waals surface area contributed by atoms with Crippen LogP contribution in [0, 0.1) is 5.41 Å². The van der Waals surface area contributed by atoms with Crippen molar-refractivity contribution < 1.29 is 19.1 Å². The van der Waals surface area contributed by atoms with Gasteiger partial charge in [-0.15, -0.1) is 0 Å². The zero-order valence-corrected chi connectivity index (χ0v) is 25.4. The maximum absolute atomic E-state index is 13.7. The minimum Gasteiger partial charge on any atom is -0.459 e. The average molecular weight is 572 g/mol. The van der Waals surface area contributed by atoms with Crippen molar-refractivity contribution in [2.24, 2.45) is 5.41 Å². The van der Waals surface area contributed by atoms with Crippen molar-refractivity contribution in [1.29, 1.82) is 0 Å². The number of urea groups is 1. The van der Waals surface area contributed by atoms with E-state index in [4.69, 9.17) is 9.47 Å². The summed E-state index contributed by atoms with van der Waals surface area (Å²) < 4.78 is 11.2. The molecule has 0 aromatic heterocycles. The summed E-state index contributed by atoms with van der Waals surface area (Å²) >= 11 is 0. The van der Waals surface area contributed by atoms with Gasteiger partial charge in [0.15, 0.2) is 0 Å². The molecule has 7 heteroatoms. The highest BCUT2D eigenvalue weighted by atomic mass is 16.5. The first kappa shape index (κ1) is 31.3. The molecule has 1 saturated heterocycles. The lowest BCUT2D eigenvalue weighted by atomic mass is 9.88. The van der Waals surface area contributed by atoms with Gasteiger partial charge in [-0.3, -0.25) is 4.90 Å². The van der Waals surface area contributed by atoms with Gasteiger partial charge in [0.05, 0.1) is 18.8 Å². The van der Waals surface area contributed by atoms with Gasteiger partial charge in [-0.05, 0) is 48.1 Å². The van der Waals surface area contributed by atoms with Gasteiger partial charge >= 0.3 is 12.0 Å². The molecule has 0 radical (unpaired) electrons. The number of hydrogen-bond acceptors (Lipinski definition) is 5. The van der Waals surface area contributed by atoms with E-state index in [0.29, 0.717) is 37.6 Å². The Kier molecular flexibility index (Phi) is 11.2. The van der Waals surface area contributed by atoms with Crippen LogP contribution in [0.15, 0.2) is 84.9 Å². The molecule has 1 atom stereocenters. The Morgan fingerprint density at radius 2 is 1.52 bits per heavy atom. The molecule has 4 rings (SSSR count). The summed E-state index contributed by atoms with van der Waals surface area (Å²) in [5, 5.41) is 3.05. The Hall–Kier alpha value is -3.68. The first-order valence-corrected chi connectivity index (χ1v) is 15.0. The van der Waals surface area contributed by atoms with Crippen molar-refractivity contribution >= 4 is 17.7 Å². The summed E-state index contributed by atoms with van der Waals surface area (Å²) in [6, 6.07) is 27.7. The van der Waals surface area contributed by atoms with Crippen LogP contribution >= 0.6 is 0 Å². The fourth-order valence-corrected chi connectivity index (χ4v) is 4.92. The first-order chi connectivity index (χ1) is 20.2.